The van der Waals surface area contributed by atoms with Gasteiger partial charge in [0, 0.05) is 12.5 Å². The number of para-hydroxylation sites is 2. The minimum Gasteiger partial charge on any atom is -0.495 e. The number of carbonyl (C=O) groups is 2. The normalized spacial score (nSPS) is 16.4. The van der Waals surface area contributed by atoms with Crippen molar-refractivity contribution in [3.8, 4) is 5.75 Å². The Morgan fingerprint density at radius 2 is 1.90 bits per heavy atom. The standard InChI is InChI=1S/C20H19NO7S/c1-26-17-5-3-2-4-16(17)21-29(24,25)15-9-6-14(7-10-15)8-11-19(22)28-18-12-13-27-20(18)23/h2-11,18,21H,12-13H2,1H3/b11-8+/t18-/m0/s1. The van der Waals surface area contributed by atoms with Gasteiger partial charge in [0.05, 0.1) is 24.3 Å². The van der Waals surface area contributed by atoms with Gasteiger partial charge < -0.3 is 14.2 Å². The second-order valence-electron chi connectivity index (χ2n) is 6.09. The smallest absolute Gasteiger partial charge is 0.347 e. The van der Waals surface area contributed by atoms with Crippen molar-refractivity contribution in [1.29, 1.82) is 0 Å². The molecule has 1 aliphatic rings. The molecule has 3 rings (SSSR count). The Balaban J connectivity index is 1.66. The highest BCUT2D eigenvalue weighted by Crippen LogP contribution is 2.26. The van der Waals surface area contributed by atoms with E-state index in [0.29, 0.717) is 23.4 Å². The number of rotatable bonds is 7. The molecular weight excluding hydrogens is 398 g/mol. The molecule has 9 heteroatoms. The van der Waals surface area contributed by atoms with Crippen molar-refractivity contribution in [3.05, 3.63) is 60.2 Å². The van der Waals surface area contributed by atoms with E-state index in [1.165, 1.54) is 31.4 Å². The summed E-state index contributed by atoms with van der Waals surface area (Å²) in [5.74, 6) is -0.826. The molecule has 8 nitrogen and oxygen atoms in total. The van der Waals surface area contributed by atoms with Crippen molar-refractivity contribution in [2.75, 3.05) is 18.4 Å². The molecule has 2 aromatic carbocycles. The lowest BCUT2D eigenvalue weighted by atomic mass is 10.2. The van der Waals surface area contributed by atoms with Crippen LogP contribution in [0.5, 0.6) is 5.75 Å². The highest BCUT2D eigenvalue weighted by atomic mass is 32.2. The molecule has 0 bridgehead atoms. The van der Waals surface area contributed by atoms with E-state index in [-0.39, 0.29) is 11.5 Å². The molecule has 0 unspecified atom stereocenters. The molecule has 0 aliphatic carbocycles. The molecule has 29 heavy (non-hydrogen) atoms. The number of anilines is 1. The number of cyclic esters (lactones) is 1. The number of ether oxygens (including phenoxy) is 3. The fourth-order valence-electron chi connectivity index (χ4n) is 2.62. The molecule has 2 aromatic rings. The van der Waals surface area contributed by atoms with Gasteiger partial charge in [-0.25, -0.2) is 18.0 Å². The quantitative estimate of drug-likeness (QED) is 0.544. The van der Waals surface area contributed by atoms with Crippen molar-refractivity contribution < 1.29 is 32.2 Å². The first-order chi connectivity index (χ1) is 13.9. The number of nitrogens with one attached hydrogen (secondary N) is 1. The molecule has 1 aliphatic heterocycles. The maximum absolute atomic E-state index is 12.6. The third-order valence-corrected chi connectivity index (χ3v) is 5.48. The fraction of sp³-hybridized carbons (Fsp3) is 0.200. The lowest BCUT2D eigenvalue weighted by Crippen LogP contribution is -2.21. The predicted molar refractivity (Wildman–Crippen MR) is 105 cm³/mol. The topological polar surface area (TPSA) is 108 Å². The summed E-state index contributed by atoms with van der Waals surface area (Å²) in [6, 6.07) is 12.6. The molecule has 1 N–H and O–H groups in total. The first kappa shape index (κ1) is 20.4. The average molecular weight is 417 g/mol. The van der Waals surface area contributed by atoms with Crippen LogP contribution in [-0.4, -0.2) is 40.2 Å². The number of carbonyl (C=O) groups excluding carboxylic acids is 2. The van der Waals surface area contributed by atoms with Gasteiger partial charge in [-0.3, -0.25) is 4.72 Å². The average Bonchev–Trinajstić information content (AvgIpc) is 3.11. The molecule has 1 atom stereocenters. The van der Waals surface area contributed by atoms with Gasteiger partial charge in [0.2, 0.25) is 6.10 Å². The van der Waals surface area contributed by atoms with Gasteiger partial charge >= 0.3 is 11.9 Å². The van der Waals surface area contributed by atoms with Crippen molar-refractivity contribution in [3.63, 3.8) is 0 Å². The van der Waals surface area contributed by atoms with Gasteiger partial charge in [0.25, 0.3) is 10.0 Å². The first-order valence-corrected chi connectivity index (χ1v) is 10.2. The summed E-state index contributed by atoms with van der Waals surface area (Å²) >= 11 is 0. The van der Waals surface area contributed by atoms with Crippen LogP contribution in [0.4, 0.5) is 5.69 Å². The molecule has 152 valence electrons. The fourth-order valence-corrected chi connectivity index (χ4v) is 3.69. The summed E-state index contributed by atoms with van der Waals surface area (Å²) in [6.07, 6.45) is 2.10. The van der Waals surface area contributed by atoms with Crippen molar-refractivity contribution in [2.24, 2.45) is 0 Å². The van der Waals surface area contributed by atoms with Crippen molar-refractivity contribution >= 4 is 33.7 Å². The minimum absolute atomic E-state index is 0.0526. The lowest BCUT2D eigenvalue weighted by Gasteiger charge is -2.11. The predicted octanol–water partition coefficient (Wildman–Crippen LogP) is 2.37. The van der Waals surface area contributed by atoms with Crippen LogP contribution in [0.15, 0.2) is 59.5 Å². The molecule has 0 aromatic heterocycles. The molecule has 1 heterocycles. The summed E-state index contributed by atoms with van der Waals surface area (Å²) in [4.78, 5) is 23.1. The van der Waals surface area contributed by atoms with Gasteiger partial charge in [0.15, 0.2) is 0 Å². The highest BCUT2D eigenvalue weighted by Gasteiger charge is 2.29. The van der Waals surface area contributed by atoms with E-state index in [4.69, 9.17) is 14.2 Å². The van der Waals surface area contributed by atoms with E-state index in [1.807, 2.05) is 0 Å². The Labute approximate surface area is 168 Å². The first-order valence-electron chi connectivity index (χ1n) is 8.70. The number of benzene rings is 2. The second kappa shape index (κ2) is 8.78. The van der Waals surface area contributed by atoms with Crippen molar-refractivity contribution in [2.45, 2.75) is 17.4 Å². The second-order valence-corrected chi connectivity index (χ2v) is 7.77. The van der Waals surface area contributed by atoms with Gasteiger partial charge in [0.1, 0.15) is 5.75 Å². The lowest BCUT2D eigenvalue weighted by molar-refractivity contribution is -0.156. The molecule has 0 spiro atoms. The Morgan fingerprint density at radius 1 is 1.17 bits per heavy atom. The van der Waals surface area contributed by atoms with E-state index in [9.17, 15) is 18.0 Å². The van der Waals surface area contributed by atoms with Gasteiger partial charge in [-0.15, -0.1) is 0 Å². The Bertz CT molecular complexity index is 1030. The van der Waals surface area contributed by atoms with Crippen molar-refractivity contribution in [1.82, 2.24) is 0 Å². The third-order valence-electron chi connectivity index (χ3n) is 4.10. The summed E-state index contributed by atoms with van der Waals surface area (Å²) in [5.41, 5.74) is 0.916. The maximum atomic E-state index is 12.6. The van der Waals surface area contributed by atoms with E-state index < -0.39 is 28.1 Å². The summed E-state index contributed by atoms with van der Waals surface area (Å²) in [6.45, 7) is 0.235. The van der Waals surface area contributed by atoms with Crippen LogP contribution in [0.2, 0.25) is 0 Å². The number of hydrogen-bond donors (Lipinski definition) is 1. The third kappa shape index (κ3) is 5.14. The Morgan fingerprint density at radius 3 is 2.55 bits per heavy atom. The molecular formula is C20H19NO7S. The highest BCUT2D eigenvalue weighted by molar-refractivity contribution is 7.92. The van der Waals surface area contributed by atoms with E-state index in [2.05, 4.69) is 4.72 Å². The van der Waals surface area contributed by atoms with Crippen LogP contribution in [0.1, 0.15) is 12.0 Å². The largest absolute Gasteiger partial charge is 0.495 e. The van der Waals surface area contributed by atoms with E-state index in [0.717, 1.165) is 0 Å². The Hall–Kier alpha value is -3.33. The maximum Gasteiger partial charge on any atom is 0.347 e. The van der Waals surface area contributed by atoms with Gasteiger partial charge in [-0.1, -0.05) is 24.3 Å². The van der Waals surface area contributed by atoms with Crippen LogP contribution in [0.3, 0.4) is 0 Å². The number of hydrogen-bond acceptors (Lipinski definition) is 7. The van der Waals surface area contributed by atoms with Crippen LogP contribution in [0, 0.1) is 0 Å². The van der Waals surface area contributed by atoms with E-state index >= 15 is 0 Å². The number of sulfonamides is 1. The molecule has 0 amide bonds. The minimum atomic E-state index is -3.81. The SMILES string of the molecule is COc1ccccc1NS(=O)(=O)c1ccc(/C=C/C(=O)O[C@H]2CCOC2=O)cc1. The van der Waals surface area contributed by atoms with Crippen LogP contribution >= 0.6 is 0 Å². The zero-order valence-electron chi connectivity index (χ0n) is 15.5. The van der Waals surface area contributed by atoms with Crippen LogP contribution in [0.25, 0.3) is 6.08 Å². The molecule has 0 saturated carbocycles. The summed E-state index contributed by atoms with van der Waals surface area (Å²) in [7, 11) is -2.36. The van der Waals surface area contributed by atoms with E-state index in [1.54, 1.807) is 36.4 Å². The summed E-state index contributed by atoms with van der Waals surface area (Å²) in [5, 5.41) is 0. The zero-order chi connectivity index (χ0) is 20.9. The van der Waals surface area contributed by atoms with Crippen LogP contribution < -0.4 is 9.46 Å². The monoisotopic (exact) mass is 417 g/mol. The molecule has 1 fully saturated rings. The Kier molecular flexibility index (Phi) is 6.18. The van der Waals surface area contributed by atoms with Gasteiger partial charge in [-0.05, 0) is 35.9 Å². The van der Waals surface area contributed by atoms with Crippen LogP contribution in [-0.2, 0) is 29.1 Å². The molecule has 0 radical (unpaired) electrons. The summed E-state index contributed by atoms with van der Waals surface area (Å²) < 4.78 is 42.5. The number of esters is 2. The zero-order valence-corrected chi connectivity index (χ0v) is 16.3. The van der Waals surface area contributed by atoms with Gasteiger partial charge in [-0.2, -0.15) is 0 Å². The molecule has 1 saturated heterocycles. The number of methoxy groups -OCH3 is 1.